The number of nitrogens with two attached hydrogens (primary N) is 4. The van der Waals surface area contributed by atoms with E-state index in [0.29, 0.717) is 11.6 Å². The first-order valence-corrected chi connectivity index (χ1v) is 7.05. The predicted molar refractivity (Wildman–Crippen MR) is 81.3 cm³/mol. The summed E-state index contributed by atoms with van der Waals surface area (Å²) in [6.45, 7) is 0. The van der Waals surface area contributed by atoms with E-state index < -0.39 is 0 Å². The second-order valence-electron chi connectivity index (χ2n) is 5.37. The van der Waals surface area contributed by atoms with Crippen LogP contribution in [0, 0.1) is 0 Å². The Morgan fingerprint density at radius 1 is 0.500 bits per heavy atom. The predicted octanol–water partition coefficient (Wildman–Crippen LogP) is -0.173. The van der Waals surface area contributed by atoms with Gasteiger partial charge in [0.25, 0.3) is 0 Å². The fraction of sp³-hybridized carbons (Fsp3) is 0.500. The van der Waals surface area contributed by atoms with Crippen molar-refractivity contribution in [1.82, 2.24) is 29.9 Å². The molecule has 0 amide bonds. The van der Waals surface area contributed by atoms with Gasteiger partial charge in [0.2, 0.25) is 23.8 Å². The lowest BCUT2D eigenvalue weighted by atomic mass is 9.81. The molecule has 10 heteroatoms. The van der Waals surface area contributed by atoms with Gasteiger partial charge in [-0.25, -0.2) is 0 Å². The van der Waals surface area contributed by atoms with E-state index in [0.717, 1.165) is 25.7 Å². The third kappa shape index (κ3) is 2.95. The first-order valence-electron chi connectivity index (χ1n) is 7.05. The van der Waals surface area contributed by atoms with Crippen LogP contribution < -0.4 is 22.9 Å². The van der Waals surface area contributed by atoms with Gasteiger partial charge in [-0.05, 0) is 25.7 Å². The number of nitrogen functional groups attached to an aromatic ring is 4. The van der Waals surface area contributed by atoms with Gasteiger partial charge in [-0.3, -0.25) is 0 Å². The molecule has 116 valence electrons. The minimum atomic E-state index is 0.155. The zero-order valence-electron chi connectivity index (χ0n) is 12.0. The number of rotatable bonds is 2. The first-order chi connectivity index (χ1) is 10.5. The standard InChI is InChI=1S/C12H18N10/c13-9-17-7(18-10(14)21-9)5-1-2-6(4-3-5)8-19-11(15)22-12(16)20-8/h5-6H,1-4H2,(H4,13,14,17,18,21)(H4,15,16,19,20,22). The molecule has 1 aliphatic rings. The molecule has 0 saturated heterocycles. The van der Waals surface area contributed by atoms with Crippen LogP contribution in [0.4, 0.5) is 23.8 Å². The second kappa shape index (κ2) is 5.54. The molecule has 0 atom stereocenters. The maximum absolute atomic E-state index is 5.62. The molecule has 1 saturated carbocycles. The molecule has 10 nitrogen and oxygen atoms in total. The van der Waals surface area contributed by atoms with Gasteiger partial charge in [0.05, 0.1) is 0 Å². The van der Waals surface area contributed by atoms with Crippen molar-refractivity contribution in [3.8, 4) is 0 Å². The molecule has 0 unspecified atom stereocenters. The average Bonchev–Trinajstić information content (AvgIpc) is 2.45. The van der Waals surface area contributed by atoms with Gasteiger partial charge in [0.1, 0.15) is 11.6 Å². The fourth-order valence-electron chi connectivity index (χ4n) is 2.83. The summed E-state index contributed by atoms with van der Waals surface area (Å²) >= 11 is 0. The van der Waals surface area contributed by atoms with Crippen molar-refractivity contribution in [1.29, 1.82) is 0 Å². The van der Waals surface area contributed by atoms with Gasteiger partial charge in [-0.2, -0.15) is 29.9 Å². The molecular weight excluding hydrogens is 284 g/mol. The Morgan fingerprint density at radius 3 is 1.05 bits per heavy atom. The van der Waals surface area contributed by atoms with Crippen molar-refractivity contribution >= 4 is 23.8 Å². The maximum atomic E-state index is 5.62. The van der Waals surface area contributed by atoms with Crippen LogP contribution in [0.1, 0.15) is 49.2 Å². The molecule has 0 aromatic carbocycles. The number of nitrogens with zero attached hydrogens (tertiary/aromatic N) is 6. The van der Waals surface area contributed by atoms with Crippen LogP contribution in [0.15, 0.2) is 0 Å². The molecule has 2 aromatic heterocycles. The van der Waals surface area contributed by atoms with Crippen LogP contribution in [0.25, 0.3) is 0 Å². The minimum Gasteiger partial charge on any atom is -0.368 e. The van der Waals surface area contributed by atoms with Crippen molar-refractivity contribution in [2.45, 2.75) is 37.5 Å². The summed E-state index contributed by atoms with van der Waals surface area (Å²) in [6.07, 6.45) is 3.55. The maximum Gasteiger partial charge on any atom is 0.225 e. The molecule has 0 spiro atoms. The average molecular weight is 302 g/mol. The molecular formula is C12H18N10. The molecule has 1 aliphatic carbocycles. The molecule has 2 aromatic rings. The molecule has 22 heavy (non-hydrogen) atoms. The number of hydrogen-bond donors (Lipinski definition) is 4. The van der Waals surface area contributed by atoms with Crippen LogP contribution in [-0.4, -0.2) is 29.9 Å². The van der Waals surface area contributed by atoms with E-state index in [2.05, 4.69) is 29.9 Å². The van der Waals surface area contributed by atoms with Crippen molar-refractivity contribution < 1.29 is 0 Å². The van der Waals surface area contributed by atoms with E-state index in [1.54, 1.807) is 0 Å². The second-order valence-corrected chi connectivity index (χ2v) is 5.37. The normalized spacial score (nSPS) is 21.6. The lowest BCUT2D eigenvalue weighted by molar-refractivity contribution is 0.375. The highest BCUT2D eigenvalue weighted by Crippen LogP contribution is 2.38. The van der Waals surface area contributed by atoms with Crippen molar-refractivity contribution in [2.24, 2.45) is 0 Å². The summed E-state index contributed by atoms with van der Waals surface area (Å²) < 4.78 is 0. The molecule has 1 fully saturated rings. The Balaban J connectivity index is 1.72. The van der Waals surface area contributed by atoms with Crippen LogP contribution in [-0.2, 0) is 0 Å². The smallest absolute Gasteiger partial charge is 0.225 e. The summed E-state index contributed by atoms with van der Waals surface area (Å²) in [5.41, 5.74) is 22.5. The van der Waals surface area contributed by atoms with Crippen LogP contribution in [0.3, 0.4) is 0 Å². The van der Waals surface area contributed by atoms with Gasteiger partial charge < -0.3 is 22.9 Å². The molecule has 3 rings (SSSR count). The van der Waals surface area contributed by atoms with Crippen molar-refractivity contribution in [3.63, 3.8) is 0 Å². The Hall–Kier alpha value is -2.78. The topological polar surface area (TPSA) is 181 Å². The Bertz CT molecular complexity index is 580. The van der Waals surface area contributed by atoms with Gasteiger partial charge in [0, 0.05) is 11.8 Å². The van der Waals surface area contributed by atoms with Crippen LogP contribution in [0.2, 0.25) is 0 Å². The first kappa shape index (κ1) is 14.2. The molecule has 0 bridgehead atoms. The van der Waals surface area contributed by atoms with Crippen LogP contribution in [0.5, 0.6) is 0 Å². The lowest BCUT2D eigenvalue weighted by Crippen LogP contribution is -2.18. The Labute approximate surface area is 126 Å². The zero-order chi connectivity index (χ0) is 15.7. The van der Waals surface area contributed by atoms with Crippen molar-refractivity contribution in [2.75, 3.05) is 22.9 Å². The SMILES string of the molecule is Nc1nc(N)nc(C2CCC(c3nc(N)nc(N)n3)CC2)n1. The summed E-state index contributed by atoms with van der Waals surface area (Å²) in [7, 11) is 0. The lowest BCUT2D eigenvalue weighted by Gasteiger charge is -2.26. The third-order valence-electron chi connectivity index (χ3n) is 3.83. The number of anilines is 4. The van der Waals surface area contributed by atoms with Gasteiger partial charge in [-0.1, -0.05) is 0 Å². The van der Waals surface area contributed by atoms with E-state index in [9.17, 15) is 0 Å². The quantitative estimate of drug-likeness (QED) is 0.580. The van der Waals surface area contributed by atoms with Crippen molar-refractivity contribution in [3.05, 3.63) is 11.6 Å². The van der Waals surface area contributed by atoms with Crippen LogP contribution >= 0.6 is 0 Å². The molecule has 0 radical (unpaired) electrons. The van der Waals surface area contributed by atoms with Gasteiger partial charge in [0.15, 0.2) is 0 Å². The summed E-state index contributed by atoms with van der Waals surface area (Å²) in [6, 6.07) is 0. The van der Waals surface area contributed by atoms with E-state index in [1.165, 1.54) is 0 Å². The highest BCUT2D eigenvalue weighted by molar-refractivity contribution is 5.28. The van der Waals surface area contributed by atoms with Gasteiger partial charge in [-0.15, -0.1) is 0 Å². The molecule has 8 N–H and O–H groups in total. The highest BCUT2D eigenvalue weighted by Gasteiger charge is 2.27. The third-order valence-corrected chi connectivity index (χ3v) is 3.83. The molecule has 2 heterocycles. The summed E-state index contributed by atoms with van der Waals surface area (Å²) in [5, 5.41) is 0. The summed E-state index contributed by atoms with van der Waals surface area (Å²) in [5.74, 6) is 2.34. The van der Waals surface area contributed by atoms with E-state index in [1.807, 2.05) is 0 Å². The monoisotopic (exact) mass is 302 g/mol. The van der Waals surface area contributed by atoms with E-state index in [4.69, 9.17) is 22.9 Å². The largest absolute Gasteiger partial charge is 0.368 e. The number of hydrogen-bond acceptors (Lipinski definition) is 10. The van der Waals surface area contributed by atoms with Gasteiger partial charge >= 0.3 is 0 Å². The Morgan fingerprint density at radius 2 is 0.773 bits per heavy atom. The Kier molecular flexibility index (Phi) is 3.57. The van der Waals surface area contributed by atoms with E-state index in [-0.39, 0.29) is 35.6 Å². The highest BCUT2D eigenvalue weighted by atomic mass is 15.2. The minimum absolute atomic E-state index is 0.155. The fourth-order valence-corrected chi connectivity index (χ4v) is 2.83. The van der Waals surface area contributed by atoms with E-state index >= 15 is 0 Å². The number of aromatic nitrogens is 6. The zero-order valence-corrected chi connectivity index (χ0v) is 12.0. The molecule has 0 aliphatic heterocycles. The summed E-state index contributed by atoms with van der Waals surface area (Å²) in [4.78, 5) is 24.3.